The van der Waals surface area contributed by atoms with Crippen molar-refractivity contribution in [1.82, 2.24) is 0 Å². The lowest BCUT2D eigenvalue weighted by atomic mass is 10.1. The zero-order valence-electron chi connectivity index (χ0n) is 13.3. The van der Waals surface area contributed by atoms with Gasteiger partial charge in [-0.1, -0.05) is 60.7 Å². The summed E-state index contributed by atoms with van der Waals surface area (Å²) in [5, 5.41) is 9.32. The van der Waals surface area contributed by atoms with Gasteiger partial charge in [0.1, 0.15) is 13.2 Å². The lowest BCUT2D eigenvalue weighted by Gasteiger charge is -2.13. The van der Waals surface area contributed by atoms with Gasteiger partial charge in [-0.2, -0.15) is 0 Å². The number of aliphatic hydroxyl groups excluding tert-OH is 1. The molecule has 0 radical (unpaired) electrons. The fourth-order valence-corrected chi connectivity index (χ4v) is 2.07. The van der Waals surface area contributed by atoms with E-state index in [-0.39, 0.29) is 19.6 Å². The summed E-state index contributed by atoms with van der Waals surface area (Å²) in [6, 6.07) is 18.4. The molecule has 2 aromatic carbocycles. The maximum Gasteiger partial charge on any atom is 0.312 e. The molecule has 0 aromatic heterocycles. The molecule has 2 aromatic rings. The minimum atomic E-state index is -0.919. The molecule has 24 heavy (non-hydrogen) atoms. The first-order valence-corrected chi connectivity index (χ1v) is 7.70. The van der Waals surface area contributed by atoms with Crippen LogP contribution in [0.3, 0.4) is 0 Å². The summed E-state index contributed by atoms with van der Waals surface area (Å²) < 4.78 is 10.3. The standard InChI is InChI=1S/C19H20O5/c20-12-17(19(22)24-14-16-9-5-2-6-10-16)11-18(21)23-13-15-7-3-1-4-8-15/h1-10,17,20H,11-14H2/t17-/m1/s1. The third-order valence-corrected chi connectivity index (χ3v) is 3.43. The topological polar surface area (TPSA) is 72.8 Å². The molecule has 1 atom stereocenters. The van der Waals surface area contributed by atoms with Crippen LogP contribution in [0.25, 0.3) is 0 Å². The van der Waals surface area contributed by atoms with Crippen LogP contribution in [0.2, 0.25) is 0 Å². The van der Waals surface area contributed by atoms with Gasteiger partial charge in [0.2, 0.25) is 0 Å². The fraction of sp³-hybridized carbons (Fsp3) is 0.263. The van der Waals surface area contributed by atoms with E-state index < -0.39 is 24.5 Å². The zero-order valence-corrected chi connectivity index (χ0v) is 13.3. The van der Waals surface area contributed by atoms with Crippen molar-refractivity contribution >= 4 is 11.9 Å². The summed E-state index contributed by atoms with van der Waals surface area (Å²) in [6.07, 6.45) is -0.211. The van der Waals surface area contributed by atoms with E-state index in [1.807, 2.05) is 60.7 Å². The number of benzene rings is 2. The van der Waals surface area contributed by atoms with Crippen molar-refractivity contribution in [2.45, 2.75) is 19.6 Å². The van der Waals surface area contributed by atoms with Crippen molar-refractivity contribution < 1.29 is 24.2 Å². The molecule has 0 amide bonds. The van der Waals surface area contributed by atoms with Gasteiger partial charge in [0.25, 0.3) is 0 Å². The van der Waals surface area contributed by atoms with Gasteiger partial charge in [-0.05, 0) is 11.1 Å². The van der Waals surface area contributed by atoms with Crippen LogP contribution in [0.4, 0.5) is 0 Å². The van der Waals surface area contributed by atoms with Gasteiger partial charge in [0.05, 0.1) is 18.9 Å². The number of hydrogen-bond donors (Lipinski definition) is 1. The average molecular weight is 328 g/mol. The molecule has 0 aliphatic rings. The summed E-state index contributed by atoms with van der Waals surface area (Å²) in [5.74, 6) is -2.08. The third-order valence-electron chi connectivity index (χ3n) is 3.43. The first-order valence-electron chi connectivity index (χ1n) is 7.70. The third kappa shape index (κ3) is 5.85. The SMILES string of the molecule is O=C(C[C@H](CO)C(=O)OCc1ccccc1)OCc1ccccc1. The van der Waals surface area contributed by atoms with Crippen LogP contribution >= 0.6 is 0 Å². The molecule has 5 heteroatoms. The Labute approximate surface area is 140 Å². The maximum absolute atomic E-state index is 12.0. The van der Waals surface area contributed by atoms with Gasteiger partial charge in [-0.15, -0.1) is 0 Å². The van der Waals surface area contributed by atoms with Gasteiger partial charge in [-0.25, -0.2) is 0 Å². The molecule has 5 nitrogen and oxygen atoms in total. The van der Waals surface area contributed by atoms with E-state index >= 15 is 0 Å². The summed E-state index contributed by atoms with van der Waals surface area (Å²) in [7, 11) is 0. The molecule has 0 heterocycles. The van der Waals surface area contributed by atoms with Gasteiger partial charge in [0, 0.05) is 0 Å². The molecule has 0 unspecified atom stereocenters. The second-order valence-corrected chi connectivity index (χ2v) is 5.32. The van der Waals surface area contributed by atoms with Crippen molar-refractivity contribution in [3.8, 4) is 0 Å². The number of carbonyl (C=O) groups is 2. The number of carbonyl (C=O) groups excluding carboxylic acids is 2. The zero-order chi connectivity index (χ0) is 17.2. The summed E-state index contributed by atoms with van der Waals surface area (Å²) in [6.45, 7) is -0.222. The first kappa shape index (κ1) is 17.7. The van der Waals surface area contributed by atoms with Crippen LogP contribution in [-0.2, 0) is 32.3 Å². The molecule has 126 valence electrons. The highest BCUT2D eigenvalue weighted by Crippen LogP contribution is 2.11. The predicted octanol–water partition coefficient (Wildman–Crippen LogP) is 2.47. The molecule has 0 spiro atoms. The number of ether oxygens (including phenoxy) is 2. The largest absolute Gasteiger partial charge is 0.461 e. The van der Waals surface area contributed by atoms with E-state index in [0.29, 0.717) is 0 Å². The summed E-state index contributed by atoms with van der Waals surface area (Å²) in [5.41, 5.74) is 1.70. The first-order chi connectivity index (χ1) is 11.7. The number of esters is 2. The van der Waals surface area contributed by atoms with Gasteiger partial charge in [0.15, 0.2) is 0 Å². The number of aliphatic hydroxyl groups is 1. The Hall–Kier alpha value is -2.66. The van der Waals surface area contributed by atoms with E-state index in [4.69, 9.17) is 9.47 Å². The Balaban J connectivity index is 1.77. The van der Waals surface area contributed by atoms with Crippen molar-refractivity contribution in [2.24, 2.45) is 5.92 Å². The second kappa shape index (κ2) is 9.47. The van der Waals surface area contributed by atoms with Crippen LogP contribution in [0.5, 0.6) is 0 Å². The molecular formula is C19H20O5. The molecule has 0 saturated heterocycles. The van der Waals surface area contributed by atoms with Crippen molar-refractivity contribution in [1.29, 1.82) is 0 Å². The van der Waals surface area contributed by atoms with Crippen LogP contribution < -0.4 is 0 Å². The second-order valence-electron chi connectivity index (χ2n) is 5.32. The Morgan fingerprint density at radius 2 is 1.33 bits per heavy atom. The number of rotatable bonds is 8. The van der Waals surface area contributed by atoms with Crippen LogP contribution in [-0.4, -0.2) is 23.7 Å². The molecule has 0 fully saturated rings. The Morgan fingerprint density at radius 1 is 0.833 bits per heavy atom. The highest BCUT2D eigenvalue weighted by Gasteiger charge is 2.23. The van der Waals surface area contributed by atoms with Crippen LogP contribution in [0.15, 0.2) is 60.7 Å². The Bertz CT molecular complexity index is 639. The van der Waals surface area contributed by atoms with Gasteiger partial charge < -0.3 is 14.6 Å². The summed E-state index contributed by atoms with van der Waals surface area (Å²) in [4.78, 5) is 23.8. The number of hydrogen-bond acceptors (Lipinski definition) is 5. The lowest BCUT2D eigenvalue weighted by Crippen LogP contribution is -2.25. The Morgan fingerprint density at radius 3 is 1.83 bits per heavy atom. The van der Waals surface area contributed by atoms with E-state index in [0.717, 1.165) is 11.1 Å². The predicted molar refractivity (Wildman–Crippen MR) is 87.7 cm³/mol. The lowest BCUT2D eigenvalue weighted by molar-refractivity contribution is -0.158. The average Bonchev–Trinajstić information content (AvgIpc) is 2.64. The minimum Gasteiger partial charge on any atom is -0.461 e. The van der Waals surface area contributed by atoms with Crippen molar-refractivity contribution in [3.05, 3.63) is 71.8 Å². The quantitative estimate of drug-likeness (QED) is 0.754. The van der Waals surface area contributed by atoms with E-state index in [1.54, 1.807) is 0 Å². The van der Waals surface area contributed by atoms with Gasteiger partial charge >= 0.3 is 11.9 Å². The maximum atomic E-state index is 12.0. The van der Waals surface area contributed by atoms with E-state index in [2.05, 4.69) is 0 Å². The van der Waals surface area contributed by atoms with Crippen molar-refractivity contribution in [3.63, 3.8) is 0 Å². The monoisotopic (exact) mass is 328 g/mol. The highest BCUT2D eigenvalue weighted by atomic mass is 16.5. The summed E-state index contributed by atoms with van der Waals surface area (Å²) >= 11 is 0. The van der Waals surface area contributed by atoms with Crippen LogP contribution in [0, 0.1) is 5.92 Å². The van der Waals surface area contributed by atoms with E-state index in [9.17, 15) is 14.7 Å². The van der Waals surface area contributed by atoms with Crippen LogP contribution in [0.1, 0.15) is 17.5 Å². The molecule has 0 saturated carbocycles. The molecule has 0 bridgehead atoms. The Kier molecular flexibility index (Phi) is 6.98. The normalized spacial score (nSPS) is 11.5. The molecular weight excluding hydrogens is 308 g/mol. The van der Waals surface area contributed by atoms with Crippen molar-refractivity contribution in [2.75, 3.05) is 6.61 Å². The fourth-order valence-electron chi connectivity index (χ4n) is 2.07. The van der Waals surface area contributed by atoms with Gasteiger partial charge in [-0.3, -0.25) is 9.59 Å². The minimum absolute atomic E-state index is 0.106. The molecule has 0 aliphatic heterocycles. The van der Waals surface area contributed by atoms with E-state index in [1.165, 1.54) is 0 Å². The molecule has 1 N–H and O–H groups in total. The highest BCUT2D eigenvalue weighted by molar-refractivity contribution is 5.80. The smallest absolute Gasteiger partial charge is 0.312 e. The molecule has 0 aliphatic carbocycles. The molecule has 2 rings (SSSR count).